The Labute approximate surface area is 141 Å². The van der Waals surface area contributed by atoms with Gasteiger partial charge in [0, 0.05) is 23.8 Å². The second-order valence-electron chi connectivity index (χ2n) is 5.71. The molecule has 0 saturated carbocycles. The first-order valence-corrected chi connectivity index (χ1v) is 8.22. The van der Waals surface area contributed by atoms with Crippen LogP contribution in [0.15, 0.2) is 24.3 Å². The predicted molar refractivity (Wildman–Crippen MR) is 93.2 cm³/mol. The van der Waals surface area contributed by atoms with Crippen LogP contribution in [0.1, 0.15) is 26.7 Å². The molecule has 1 aromatic rings. The molecular weight excluding hydrogens is 320 g/mol. The number of halogens is 1. The van der Waals surface area contributed by atoms with E-state index in [-0.39, 0.29) is 5.97 Å². The van der Waals surface area contributed by atoms with Gasteiger partial charge in [0.25, 0.3) is 0 Å². The van der Waals surface area contributed by atoms with E-state index >= 15 is 0 Å². The van der Waals surface area contributed by atoms with Gasteiger partial charge in [0.15, 0.2) is 5.11 Å². The van der Waals surface area contributed by atoms with Crippen molar-refractivity contribution in [3.8, 4) is 0 Å². The number of benzene rings is 1. The molecule has 0 spiro atoms. The van der Waals surface area contributed by atoms with Crippen molar-refractivity contribution in [3.05, 3.63) is 29.3 Å². The molecule has 1 aromatic carbocycles. The van der Waals surface area contributed by atoms with E-state index in [9.17, 15) is 4.79 Å². The van der Waals surface area contributed by atoms with Crippen LogP contribution in [-0.2, 0) is 9.53 Å². The lowest BCUT2D eigenvalue weighted by Gasteiger charge is -2.38. The summed E-state index contributed by atoms with van der Waals surface area (Å²) in [6.45, 7) is 5.72. The SMILES string of the molecule is CCOC(=O)C1(C)CCN(C(=S)Nc2ccc(Cl)cc2)CC1. The molecule has 0 atom stereocenters. The van der Waals surface area contributed by atoms with E-state index in [4.69, 9.17) is 28.6 Å². The van der Waals surface area contributed by atoms with E-state index in [0.29, 0.717) is 16.7 Å². The highest BCUT2D eigenvalue weighted by Crippen LogP contribution is 2.32. The highest BCUT2D eigenvalue weighted by molar-refractivity contribution is 7.80. The third-order valence-corrected chi connectivity index (χ3v) is 4.63. The molecule has 1 aliphatic heterocycles. The largest absolute Gasteiger partial charge is 0.466 e. The average Bonchev–Trinajstić information content (AvgIpc) is 2.50. The molecule has 0 aromatic heterocycles. The van der Waals surface area contributed by atoms with Crippen LogP contribution in [0.25, 0.3) is 0 Å². The van der Waals surface area contributed by atoms with Crippen molar-refractivity contribution in [1.82, 2.24) is 4.90 Å². The summed E-state index contributed by atoms with van der Waals surface area (Å²) in [6, 6.07) is 7.42. The van der Waals surface area contributed by atoms with Gasteiger partial charge in [-0.2, -0.15) is 0 Å². The number of anilines is 1. The van der Waals surface area contributed by atoms with Crippen LogP contribution in [0.5, 0.6) is 0 Å². The number of esters is 1. The topological polar surface area (TPSA) is 41.6 Å². The second-order valence-corrected chi connectivity index (χ2v) is 6.53. The third-order valence-electron chi connectivity index (χ3n) is 4.02. The molecule has 0 aliphatic carbocycles. The van der Waals surface area contributed by atoms with E-state index < -0.39 is 5.41 Å². The number of nitrogens with one attached hydrogen (secondary N) is 1. The normalized spacial score (nSPS) is 17.0. The van der Waals surface area contributed by atoms with Crippen molar-refractivity contribution < 1.29 is 9.53 Å². The van der Waals surface area contributed by atoms with Crippen LogP contribution in [0.2, 0.25) is 5.02 Å². The summed E-state index contributed by atoms with van der Waals surface area (Å²) in [7, 11) is 0. The van der Waals surface area contributed by atoms with E-state index in [1.165, 1.54) is 0 Å². The van der Waals surface area contributed by atoms with Crippen LogP contribution < -0.4 is 5.32 Å². The zero-order valence-electron chi connectivity index (χ0n) is 12.9. The van der Waals surface area contributed by atoms with Crippen LogP contribution >= 0.6 is 23.8 Å². The van der Waals surface area contributed by atoms with Crippen LogP contribution in [0.3, 0.4) is 0 Å². The zero-order valence-corrected chi connectivity index (χ0v) is 14.5. The Morgan fingerprint density at radius 3 is 2.50 bits per heavy atom. The molecule has 0 bridgehead atoms. The van der Waals surface area contributed by atoms with Gasteiger partial charge in [-0.3, -0.25) is 4.79 Å². The molecule has 2 rings (SSSR count). The van der Waals surface area contributed by atoms with Gasteiger partial charge in [0.05, 0.1) is 12.0 Å². The molecule has 1 N–H and O–H groups in total. The first kappa shape index (κ1) is 17.0. The van der Waals surface area contributed by atoms with Gasteiger partial charge in [-0.15, -0.1) is 0 Å². The smallest absolute Gasteiger partial charge is 0.311 e. The molecule has 1 saturated heterocycles. The maximum atomic E-state index is 12.0. The van der Waals surface area contributed by atoms with Gasteiger partial charge >= 0.3 is 5.97 Å². The highest BCUT2D eigenvalue weighted by atomic mass is 35.5. The maximum Gasteiger partial charge on any atom is 0.311 e. The van der Waals surface area contributed by atoms with Gasteiger partial charge in [-0.25, -0.2) is 0 Å². The zero-order chi connectivity index (χ0) is 16.2. The summed E-state index contributed by atoms with van der Waals surface area (Å²) in [5.41, 5.74) is 0.510. The molecule has 0 unspecified atom stereocenters. The van der Waals surface area contributed by atoms with Gasteiger partial charge in [-0.05, 0) is 63.2 Å². The Kier molecular flexibility index (Phi) is 5.64. The van der Waals surface area contributed by atoms with E-state index in [0.717, 1.165) is 31.6 Å². The van der Waals surface area contributed by atoms with E-state index in [1.54, 1.807) is 0 Å². The number of hydrogen-bond acceptors (Lipinski definition) is 3. The van der Waals surface area contributed by atoms with Gasteiger partial charge in [0.2, 0.25) is 0 Å². The number of hydrogen-bond donors (Lipinski definition) is 1. The number of nitrogens with zero attached hydrogens (tertiary/aromatic N) is 1. The number of likely N-dealkylation sites (tertiary alicyclic amines) is 1. The molecule has 0 radical (unpaired) electrons. The predicted octanol–water partition coefficient (Wildman–Crippen LogP) is 3.70. The molecule has 1 aliphatic rings. The van der Waals surface area contributed by atoms with Crippen LogP contribution in [-0.4, -0.2) is 35.7 Å². The Hall–Kier alpha value is -1.33. The summed E-state index contributed by atoms with van der Waals surface area (Å²) in [4.78, 5) is 14.1. The Morgan fingerprint density at radius 1 is 1.36 bits per heavy atom. The van der Waals surface area contributed by atoms with Crippen LogP contribution in [0, 0.1) is 5.41 Å². The molecule has 22 heavy (non-hydrogen) atoms. The van der Waals surface area contributed by atoms with Gasteiger partial charge < -0.3 is 15.0 Å². The quantitative estimate of drug-likeness (QED) is 0.671. The Morgan fingerprint density at radius 2 is 1.95 bits per heavy atom. The van der Waals surface area contributed by atoms with Crippen molar-refractivity contribution in [3.63, 3.8) is 0 Å². The van der Waals surface area contributed by atoms with Gasteiger partial charge in [-0.1, -0.05) is 11.6 Å². The molecule has 120 valence electrons. The molecule has 0 amide bonds. The first-order chi connectivity index (χ1) is 10.4. The fourth-order valence-electron chi connectivity index (χ4n) is 2.45. The van der Waals surface area contributed by atoms with Gasteiger partial charge in [0.1, 0.15) is 0 Å². The third kappa shape index (κ3) is 4.11. The minimum absolute atomic E-state index is 0.105. The lowest BCUT2D eigenvalue weighted by molar-refractivity contribution is -0.156. The molecular formula is C16H21ClN2O2S. The number of carbonyl (C=O) groups excluding carboxylic acids is 1. The molecule has 6 heteroatoms. The fourth-order valence-corrected chi connectivity index (χ4v) is 2.87. The average molecular weight is 341 g/mol. The first-order valence-electron chi connectivity index (χ1n) is 7.43. The molecule has 1 fully saturated rings. The number of piperidine rings is 1. The number of ether oxygens (including phenoxy) is 1. The Bertz CT molecular complexity index is 540. The maximum absolute atomic E-state index is 12.0. The Balaban J connectivity index is 1.89. The second kappa shape index (κ2) is 7.29. The summed E-state index contributed by atoms with van der Waals surface area (Å²) in [6.07, 6.45) is 1.49. The number of rotatable bonds is 3. The summed E-state index contributed by atoms with van der Waals surface area (Å²) in [5.74, 6) is -0.105. The number of thiocarbonyl (C=S) groups is 1. The van der Waals surface area contributed by atoms with Crippen molar-refractivity contribution in [1.29, 1.82) is 0 Å². The fraction of sp³-hybridized carbons (Fsp3) is 0.500. The molecule has 4 nitrogen and oxygen atoms in total. The van der Waals surface area contributed by atoms with Crippen molar-refractivity contribution in [2.75, 3.05) is 25.0 Å². The standard InChI is InChI=1S/C16H21ClN2O2S/c1-3-21-14(20)16(2)8-10-19(11-9-16)15(22)18-13-6-4-12(17)5-7-13/h4-7H,3,8-11H2,1-2H3,(H,18,22). The lowest BCUT2D eigenvalue weighted by Crippen LogP contribution is -2.47. The minimum atomic E-state index is -0.400. The summed E-state index contributed by atoms with van der Waals surface area (Å²) >= 11 is 11.3. The summed E-state index contributed by atoms with van der Waals surface area (Å²) in [5, 5.41) is 4.57. The van der Waals surface area contributed by atoms with Crippen molar-refractivity contribution in [2.24, 2.45) is 5.41 Å². The minimum Gasteiger partial charge on any atom is -0.466 e. The molecule has 1 heterocycles. The monoisotopic (exact) mass is 340 g/mol. The lowest BCUT2D eigenvalue weighted by atomic mass is 9.80. The van der Waals surface area contributed by atoms with E-state index in [1.807, 2.05) is 38.1 Å². The van der Waals surface area contributed by atoms with E-state index in [2.05, 4.69) is 10.2 Å². The van der Waals surface area contributed by atoms with Crippen molar-refractivity contribution in [2.45, 2.75) is 26.7 Å². The number of carbonyl (C=O) groups is 1. The highest BCUT2D eigenvalue weighted by Gasteiger charge is 2.38. The summed E-state index contributed by atoms with van der Waals surface area (Å²) < 4.78 is 5.17. The van der Waals surface area contributed by atoms with Crippen molar-refractivity contribution >= 4 is 40.6 Å². The van der Waals surface area contributed by atoms with Crippen LogP contribution in [0.4, 0.5) is 5.69 Å².